The predicted octanol–water partition coefficient (Wildman–Crippen LogP) is 2.32. The van der Waals surface area contributed by atoms with Crippen LogP contribution in [0, 0.1) is 5.41 Å². The second-order valence-corrected chi connectivity index (χ2v) is 6.84. The fraction of sp³-hybridized carbons (Fsp3) is 0.474. The SMILES string of the molecule is COc1cc2c(cc1OC)[C@@H]1N(CC2)C(=O)C2=CCCC[C@]21C(=O)O. The summed E-state index contributed by atoms with van der Waals surface area (Å²) >= 11 is 0. The van der Waals surface area contributed by atoms with E-state index in [1.165, 1.54) is 0 Å². The van der Waals surface area contributed by atoms with E-state index in [1.807, 2.05) is 18.2 Å². The van der Waals surface area contributed by atoms with Crippen LogP contribution in [0.2, 0.25) is 0 Å². The van der Waals surface area contributed by atoms with Crippen LogP contribution in [-0.2, 0) is 16.0 Å². The molecule has 0 unspecified atom stereocenters. The smallest absolute Gasteiger partial charge is 0.316 e. The van der Waals surface area contributed by atoms with E-state index in [9.17, 15) is 14.7 Å². The van der Waals surface area contributed by atoms with Crippen LogP contribution < -0.4 is 9.47 Å². The molecule has 0 aromatic heterocycles. The molecule has 0 bridgehead atoms. The van der Waals surface area contributed by atoms with Gasteiger partial charge in [-0.1, -0.05) is 6.08 Å². The number of carbonyl (C=O) groups is 2. The molecule has 132 valence electrons. The number of aliphatic carboxylic acids is 1. The first-order valence-corrected chi connectivity index (χ1v) is 8.54. The third-order valence-electron chi connectivity index (χ3n) is 5.82. The molecule has 25 heavy (non-hydrogen) atoms. The largest absolute Gasteiger partial charge is 0.493 e. The first kappa shape index (κ1) is 16.0. The van der Waals surface area contributed by atoms with Gasteiger partial charge in [-0.25, -0.2) is 0 Å². The quantitative estimate of drug-likeness (QED) is 0.911. The molecule has 1 saturated heterocycles. The van der Waals surface area contributed by atoms with Crippen molar-refractivity contribution in [3.63, 3.8) is 0 Å². The minimum absolute atomic E-state index is 0.132. The first-order valence-electron chi connectivity index (χ1n) is 8.54. The lowest BCUT2D eigenvalue weighted by atomic mass is 9.67. The Hall–Kier alpha value is -2.50. The summed E-state index contributed by atoms with van der Waals surface area (Å²) in [5, 5.41) is 10.1. The minimum atomic E-state index is -1.16. The molecule has 1 aromatic rings. The number of ether oxygens (including phenoxy) is 2. The van der Waals surface area contributed by atoms with Crippen molar-refractivity contribution in [3.05, 3.63) is 34.9 Å². The lowest BCUT2D eigenvalue weighted by molar-refractivity contribution is -0.149. The molecule has 1 aromatic carbocycles. The van der Waals surface area contributed by atoms with Gasteiger partial charge >= 0.3 is 5.97 Å². The highest BCUT2D eigenvalue weighted by Crippen LogP contribution is 2.58. The summed E-state index contributed by atoms with van der Waals surface area (Å²) < 4.78 is 10.8. The highest BCUT2D eigenvalue weighted by molar-refractivity contribution is 6.05. The van der Waals surface area contributed by atoms with E-state index in [0.29, 0.717) is 36.5 Å². The van der Waals surface area contributed by atoms with Gasteiger partial charge in [0.2, 0.25) is 0 Å². The average molecular weight is 343 g/mol. The summed E-state index contributed by atoms with van der Waals surface area (Å²) in [5.41, 5.74) is 1.19. The number of methoxy groups -OCH3 is 2. The second kappa shape index (κ2) is 5.51. The third kappa shape index (κ3) is 1.97. The van der Waals surface area contributed by atoms with Crippen molar-refractivity contribution in [2.24, 2.45) is 5.41 Å². The molecular formula is C19H21NO5. The number of rotatable bonds is 3. The molecule has 1 N–H and O–H groups in total. The molecule has 0 spiro atoms. The number of hydrogen-bond acceptors (Lipinski definition) is 4. The Balaban J connectivity index is 1.95. The molecule has 2 heterocycles. The monoisotopic (exact) mass is 343 g/mol. The maximum atomic E-state index is 12.9. The van der Waals surface area contributed by atoms with Crippen LogP contribution in [0.15, 0.2) is 23.8 Å². The molecule has 1 amide bonds. The summed E-state index contributed by atoms with van der Waals surface area (Å²) in [4.78, 5) is 27.0. The highest BCUT2D eigenvalue weighted by atomic mass is 16.5. The number of fused-ring (bicyclic) bond motifs is 5. The number of carbonyl (C=O) groups excluding carboxylic acids is 1. The zero-order valence-corrected chi connectivity index (χ0v) is 14.4. The van der Waals surface area contributed by atoms with E-state index in [0.717, 1.165) is 24.0 Å². The second-order valence-electron chi connectivity index (χ2n) is 6.84. The maximum Gasteiger partial charge on any atom is 0.316 e. The topological polar surface area (TPSA) is 76.1 Å². The van der Waals surface area contributed by atoms with Gasteiger partial charge in [-0.05, 0) is 48.9 Å². The number of nitrogens with zero attached hydrogens (tertiary/aromatic N) is 1. The zero-order chi connectivity index (χ0) is 17.8. The molecule has 3 aliphatic rings. The molecule has 1 aliphatic carbocycles. The Kier molecular flexibility index (Phi) is 3.52. The third-order valence-corrected chi connectivity index (χ3v) is 5.82. The van der Waals surface area contributed by atoms with Crippen LogP contribution in [0.25, 0.3) is 0 Å². The summed E-state index contributed by atoms with van der Waals surface area (Å²) in [6, 6.07) is 3.28. The van der Waals surface area contributed by atoms with Gasteiger partial charge in [0.05, 0.1) is 20.3 Å². The number of carboxylic acid groups (broad SMARTS) is 1. The number of hydrogen-bond donors (Lipinski definition) is 1. The number of benzene rings is 1. The van der Waals surface area contributed by atoms with Crippen molar-refractivity contribution in [2.75, 3.05) is 20.8 Å². The van der Waals surface area contributed by atoms with E-state index in [-0.39, 0.29) is 5.91 Å². The minimum Gasteiger partial charge on any atom is -0.493 e. The zero-order valence-electron chi connectivity index (χ0n) is 14.4. The molecular weight excluding hydrogens is 322 g/mol. The van der Waals surface area contributed by atoms with Crippen LogP contribution in [0.1, 0.15) is 36.4 Å². The molecule has 2 atom stereocenters. The average Bonchev–Trinajstić information content (AvgIpc) is 2.91. The first-order chi connectivity index (χ1) is 12.0. The number of amides is 1. The van der Waals surface area contributed by atoms with Crippen LogP contribution in [0.3, 0.4) is 0 Å². The molecule has 4 rings (SSSR count). The summed E-state index contributed by atoms with van der Waals surface area (Å²) in [7, 11) is 3.14. The molecule has 2 aliphatic heterocycles. The lowest BCUT2D eigenvalue weighted by Gasteiger charge is -2.40. The van der Waals surface area contributed by atoms with E-state index < -0.39 is 17.4 Å². The standard InChI is InChI=1S/C19H21NO5/c1-24-14-9-11-6-8-20-16(12(11)10-15(14)25-2)19(18(22)23)7-4-3-5-13(19)17(20)21/h5,9-10,16H,3-4,6-8H2,1-2H3,(H,22,23)/t16-,19-/m0/s1. The van der Waals surface area contributed by atoms with Crippen molar-refractivity contribution < 1.29 is 24.2 Å². The van der Waals surface area contributed by atoms with Crippen LogP contribution >= 0.6 is 0 Å². The van der Waals surface area contributed by atoms with Crippen molar-refractivity contribution in [2.45, 2.75) is 31.7 Å². The molecule has 6 nitrogen and oxygen atoms in total. The van der Waals surface area contributed by atoms with E-state index in [4.69, 9.17) is 9.47 Å². The van der Waals surface area contributed by atoms with Gasteiger partial charge in [-0.3, -0.25) is 9.59 Å². The Morgan fingerprint density at radius 1 is 1.28 bits per heavy atom. The Labute approximate surface area is 146 Å². The van der Waals surface area contributed by atoms with Gasteiger partial charge in [0, 0.05) is 12.1 Å². The predicted molar refractivity (Wildman–Crippen MR) is 89.7 cm³/mol. The molecule has 1 fully saturated rings. The van der Waals surface area contributed by atoms with Crippen molar-refractivity contribution >= 4 is 11.9 Å². The van der Waals surface area contributed by atoms with E-state index >= 15 is 0 Å². The van der Waals surface area contributed by atoms with Gasteiger partial charge in [0.25, 0.3) is 5.91 Å². The Morgan fingerprint density at radius 3 is 2.68 bits per heavy atom. The van der Waals surface area contributed by atoms with Gasteiger partial charge in [0.1, 0.15) is 5.41 Å². The van der Waals surface area contributed by atoms with Crippen molar-refractivity contribution in [1.82, 2.24) is 4.90 Å². The van der Waals surface area contributed by atoms with E-state index in [2.05, 4.69) is 0 Å². The van der Waals surface area contributed by atoms with Crippen molar-refractivity contribution in [3.8, 4) is 11.5 Å². The normalized spacial score (nSPS) is 27.1. The molecule has 0 saturated carbocycles. The summed E-state index contributed by atoms with van der Waals surface area (Å²) in [6.07, 6.45) is 4.53. The van der Waals surface area contributed by atoms with Crippen molar-refractivity contribution in [1.29, 1.82) is 0 Å². The maximum absolute atomic E-state index is 12.9. The lowest BCUT2D eigenvalue weighted by Crippen LogP contribution is -2.43. The number of allylic oxidation sites excluding steroid dienone is 1. The number of carboxylic acids is 1. The van der Waals surface area contributed by atoms with E-state index in [1.54, 1.807) is 19.1 Å². The van der Waals surface area contributed by atoms with Gasteiger partial charge < -0.3 is 19.5 Å². The van der Waals surface area contributed by atoms with Crippen LogP contribution in [0.5, 0.6) is 11.5 Å². The molecule has 0 radical (unpaired) electrons. The molecule has 6 heteroatoms. The van der Waals surface area contributed by atoms with Crippen LogP contribution in [-0.4, -0.2) is 42.6 Å². The summed E-state index contributed by atoms with van der Waals surface area (Å²) in [6.45, 7) is 0.526. The fourth-order valence-corrected chi connectivity index (χ4v) is 4.70. The highest BCUT2D eigenvalue weighted by Gasteiger charge is 2.62. The van der Waals surface area contributed by atoms with Gasteiger partial charge in [-0.2, -0.15) is 0 Å². The Bertz CT molecular complexity index is 799. The fourth-order valence-electron chi connectivity index (χ4n) is 4.70. The van der Waals surface area contributed by atoms with Gasteiger partial charge in [-0.15, -0.1) is 0 Å². The summed E-state index contributed by atoms with van der Waals surface area (Å²) in [5.74, 6) is 0.140. The Morgan fingerprint density at radius 2 is 2.00 bits per heavy atom. The van der Waals surface area contributed by atoms with Crippen LogP contribution in [0.4, 0.5) is 0 Å². The van der Waals surface area contributed by atoms with Gasteiger partial charge in [0.15, 0.2) is 11.5 Å².